The normalized spacial score (nSPS) is 14.5. The zero-order valence-corrected chi connectivity index (χ0v) is 16.8. The maximum absolute atomic E-state index is 13.4. The number of aryl methyl sites for hydroxylation is 2. The number of amides is 1. The molecule has 7 nitrogen and oxygen atoms in total. The highest BCUT2D eigenvalue weighted by Gasteiger charge is 2.21. The molecule has 0 radical (unpaired) electrons. The molecule has 4 heterocycles. The van der Waals surface area contributed by atoms with Gasteiger partial charge >= 0.3 is 0 Å². The van der Waals surface area contributed by atoms with E-state index in [1.807, 2.05) is 31.0 Å². The van der Waals surface area contributed by atoms with E-state index in [2.05, 4.69) is 26.1 Å². The summed E-state index contributed by atoms with van der Waals surface area (Å²) in [6, 6.07) is 6.70. The van der Waals surface area contributed by atoms with E-state index in [1.165, 1.54) is 12.1 Å². The summed E-state index contributed by atoms with van der Waals surface area (Å²) in [5.74, 6) is 0.740. The first-order chi connectivity index (χ1) is 14.5. The Balaban J connectivity index is 1.31. The predicted molar refractivity (Wildman–Crippen MR) is 111 cm³/mol. The summed E-state index contributed by atoms with van der Waals surface area (Å²) < 4.78 is 15.1. The number of benzene rings is 1. The molecule has 1 N–H and O–H groups in total. The van der Waals surface area contributed by atoms with Crippen molar-refractivity contribution >= 4 is 28.2 Å². The minimum atomic E-state index is -0.258. The Hall–Kier alpha value is -3.55. The third-order valence-electron chi connectivity index (χ3n) is 5.52. The van der Waals surface area contributed by atoms with Crippen molar-refractivity contribution in [3.8, 4) is 0 Å². The Kier molecular flexibility index (Phi) is 4.34. The molecular formula is C22H21FN6O. The van der Waals surface area contributed by atoms with Crippen molar-refractivity contribution in [3.05, 3.63) is 65.1 Å². The van der Waals surface area contributed by atoms with E-state index in [9.17, 15) is 9.18 Å². The van der Waals surface area contributed by atoms with Crippen LogP contribution >= 0.6 is 0 Å². The van der Waals surface area contributed by atoms with Crippen molar-refractivity contribution in [1.29, 1.82) is 0 Å². The van der Waals surface area contributed by atoms with Gasteiger partial charge in [-0.3, -0.25) is 4.79 Å². The number of fused-ring (bicyclic) bond motifs is 2. The number of nitrogens with zero attached hydrogens (tertiary/aromatic N) is 5. The van der Waals surface area contributed by atoms with E-state index in [0.29, 0.717) is 24.7 Å². The summed E-state index contributed by atoms with van der Waals surface area (Å²) in [5.41, 5.74) is 4.82. The van der Waals surface area contributed by atoms with Crippen LogP contribution in [0.15, 0.2) is 36.5 Å². The van der Waals surface area contributed by atoms with Crippen LogP contribution in [-0.2, 0) is 11.2 Å². The highest BCUT2D eigenvalue weighted by atomic mass is 19.1. The Morgan fingerprint density at radius 3 is 2.90 bits per heavy atom. The number of carbonyl (C=O) groups is 1. The molecule has 0 bridgehead atoms. The van der Waals surface area contributed by atoms with Crippen molar-refractivity contribution in [2.24, 2.45) is 0 Å². The van der Waals surface area contributed by atoms with E-state index in [4.69, 9.17) is 0 Å². The van der Waals surface area contributed by atoms with Gasteiger partial charge in [-0.25, -0.2) is 13.9 Å². The van der Waals surface area contributed by atoms with Gasteiger partial charge in [0.1, 0.15) is 5.82 Å². The van der Waals surface area contributed by atoms with Gasteiger partial charge in [0.15, 0.2) is 5.82 Å². The van der Waals surface area contributed by atoms with E-state index in [1.54, 1.807) is 10.6 Å². The molecule has 4 aromatic rings. The average molecular weight is 404 g/mol. The third kappa shape index (κ3) is 3.24. The molecule has 0 fully saturated rings. The second-order valence-corrected chi connectivity index (χ2v) is 7.67. The molecule has 0 saturated heterocycles. The molecule has 30 heavy (non-hydrogen) atoms. The number of aromatic nitrogens is 5. The summed E-state index contributed by atoms with van der Waals surface area (Å²) in [6.07, 6.45) is 4.87. The number of hydrogen-bond acceptors (Lipinski definition) is 4. The van der Waals surface area contributed by atoms with Gasteiger partial charge in [0.05, 0.1) is 6.42 Å². The highest BCUT2D eigenvalue weighted by Crippen LogP contribution is 2.29. The van der Waals surface area contributed by atoms with Gasteiger partial charge in [0.2, 0.25) is 5.91 Å². The van der Waals surface area contributed by atoms with Gasteiger partial charge in [-0.05, 0) is 50.1 Å². The number of halogens is 1. The van der Waals surface area contributed by atoms with Crippen LogP contribution in [-0.4, -0.2) is 48.5 Å². The van der Waals surface area contributed by atoms with Gasteiger partial charge in [0.25, 0.3) is 5.78 Å². The highest BCUT2D eigenvalue weighted by molar-refractivity contribution is 5.93. The molecule has 0 unspecified atom stereocenters. The predicted octanol–water partition coefficient (Wildman–Crippen LogP) is 3.22. The summed E-state index contributed by atoms with van der Waals surface area (Å²) >= 11 is 0. The van der Waals surface area contributed by atoms with Crippen molar-refractivity contribution in [3.63, 3.8) is 0 Å². The molecule has 1 aliphatic rings. The summed E-state index contributed by atoms with van der Waals surface area (Å²) in [6.45, 7) is 5.01. The lowest BCUT2D eigenvalue weighted by Gasteiger charge is -2.26. The van der Waals surface area contributed by atoms with Crippen molar-refractivity contribution in [1.82, 2.24) is 29.5 Å². The maximum Gasteiger partial charge on any atom is 0.252 e. The van der Waals surface area contributed by atoms with Crippen LogP contribution in [0.3, 0.4) is 0 Å². The van der Waals surface area contributed by atoms with Gasteiger partial charge in [0, 0.05) is 47.1 Å². The van der Waals surface area contributed by atoms with E-state index < -0.39 is 0 Å². The van der Waals surface area contributed by atoms with Crippen molar-refractivity contribution in [2.75, 3.05) is 13.1 Å². The minimum Gasteiger partial charge on any atom is -0.360 e. The standard InChI is InChI=1S/C22H21FN6O/c1-13-9-14(2)29-22(25-13)26-20(27-29)11-21(30)28-7-5-15(6-8-28)18-12-24-19-10-16(23)3-4-17(18)19/h3-5,9-10,12,24H,6-8,11H2,1-2H3. The van der Waals surface area contributed by atoms with Crippen LogP contribution in [0.25, 0.3) is 22.3 Å². The lowest BCUT2D eigenvalue weighted by molar-refractivity contribution is -0.130. The SMILES string of the molecule is Cc1cc(C)n2nc(CC(=O)N3CC=C(c4c[nH]c5cc(F)ccc45)CC3)nc2n1. The van der Waals surface area contributed by atoms with E-state index >= 15 is 0 Å². The lowest BCUT2D eigenvalue weighted by atomic mass is 9.98. The molecule has 1 aliphatic heterocycles. The maximum atomic E-state index is 13.4. The zero-order chi connectivity index (χ0) is 20.8. The molecule has 0 saturated carbocycles. The fourth-order valence-corrected chi connectivity index (χ4v) is 4.03. The Morgan fingerprint density at radius 2 is 2.10 bits per heavy atom. The van der Waals surface area contributed by atoms with Crippen LogP contribution in [0.5, 0.6) is 0 Å². The van der Waals surface area contributed by atoms with Gasteiger partial charge < -0.3 is 9.88 Å². The van der Waals surface area contributed by atoms with Crippen molar-refractivity contribution < 1.29 is 9.18 Å². The van der Waals surface area contributed by atoms with Crippen LogP contribution in [0.4, 0.5) is 4.39 Å². The summed E-state index contributed by atoms with van der Waals surface area (Å²) in [5, 5.41) is 5.43. The van der Waals surface area contributed by atoms with Gasteiger partial charge in [-0.2, -0.15) is 4.98 Å². The minimum absolute atomic E-state index is 0.00317. The molecule has 0 atom stereocenters. The molecule has 5 rings (SSSR count). The molecular weight excluding hydrogens is 383 g/mol. The zero-order valence-electron chi connectivity index (χ0n) is 16.8. The van der Waals surface area contributed by atoms with Crippen LogP contribution in [0.2, 0.25) is 0 Å². The molecule has 0 aliphatic carbocycles. The third-order valence-corrected chi connectivity index (χ3v) is 5.52. The number of H-pyrrole nitrogens is 1. The molecule has 1 aromatic carbocycles. The number of rotatable bonds is 3. The van der Waals surface area contributed by atoms with E-state index in [0.717, 1.165) is 39.8 Å². The second-order valence-electron chi connectivity index (χ2n) is 7.67. The fourth-order valence-electron chi connectivity index (χ4n) is 4.03. The quantitative estimate of drug-likeness (QED) is 0.569. The van der Waals surface area contributed by atoms with Crippen LogP contribution in [0.1, 0.15) is 29.2 Å². The van der Waals surface area contributed by atoms with E-state index in [-0.39, 0.29) is 18.1 Å². The Bertz CT molecular complexity index is 1320. The molecule has 1 amide bonds. The summed E-state index contributed by atoms with van der Waals surface area (Å²) in [7, 11) is 0. The van der Waals surface area contributed by atoms with Crippen LogP contribution < -0.4 is 0 Å². The second kappa shape index (κ2) is 7.05. The first kappa shape index (κ1) is 18.5. The first-order valence-electron chi connectivity index (χ1n) is 9.91. The number of aromatic amines is 1. The number of carbonyl (C=O) groups excluding carboxylic acids is 1. The summed E-state index contributed by atoms with van der Waals surface area (Å²) in [4.78, 5) is 26.5. The topological polar surface area (TPSA) is 79.2 Å². The molecule has 0 spiro atoms. The largest absolute Gasteiger partial charge is 0.360 e. The molecule has 8 heteroatoms. The number of hydrogen-bond donors (Lipinski definition) is 1. The Morgan fingerprint density at radius 1 is 1.23 bits per heavy atom. The monoisotopic (exact) mass is 404 g/mol. The van der Waals surface area contributed by atoms with Gasteiger partial charge in [-0.1, -0.05) is 6.08 Å². The van der Waals surface area contributed by atoms with Crippen molar-refractivity contribution in [2.45, 2.75) is 26.7 Å². The number of nitrogens with one attached hydrogen (secondary N) is 1. The Labute approximate surface area is 172 Å². The van der Waals surface area contributed by atoms with Gasteiger partial charge in [-0.15, -0.1) is 5.10 Å². The molecule has 3 aromatic heterocycles. The smallest absolute Gasteiger partial charge is 0.252 e. The van der Waals surface area contributed by atoms with Crippen LogP contribution in [0, 0.1) is 19.7 Å². The average Bonchev–Trinajstić information content (AvgIpc) is 3.31. The fraction of sp³-hybridized carbons (Fsp3) is 0.273. The first-order valence-corrected chi connectivity index (χ1v) is 9.91. The lowest BCUT2D eigenvalue weighted by Crippen LogP contribution is -2.35. The molecule has 152 valence electrons.